The largest absolute Gasteiger partial charge is 0.481 e. The summed E-state index contributed by atoms with van der Waals surface area (Å²) in [5, 5.41) is 85.3. The fraction of sp³-hybridized carbons (Fsp3) is 0.850. The fourth-order valence-corrected chi connectivity index (χ4v) is 7.16. The van der Waals surface area contributed by atoms with Gasteiger partial charge in [-0.05, 0) is 31.1 Å². The predicted molar refractivity (Wildman–Crippen MR) is 102 cm³/mol. The summed E-state index contributed by atoms with van der Waals surface area (Å²) in [4.78, 5) is 36.6. The van der Waals surface area contributed by atoms with Crippen molar-refractivity contribution in [2.24, 2.45) is 28.1 Å². The molecule has 2 aliphatic carbocycles. The van der Waals surface area contributed by atoms with E-state index in [0.29, 0.717) is 0 Å². The third-order valence-electron chi connectivity index (χ3n) is 8.35. The van der Waals surface area contributed by atoms with Gasteiger partial charge in [-0.3, -0.25) is 4.79 Å². The van der Waals surface area contributed by atoms with Gasteiger partial charge in [0, 0.05) is 0 Å². The van der Waals surface area contributed by atoms with Crippen molar-refractivity contribution in [1.82, 2.24) is 0 Å². The van der Waals surface area contributed by atoms with Gasteiger partial charge in [-0.2, -0.15) is 0 Å². The molecule has 1 spiro atoms. The zero-order valence-electron chi connectivity index (χ0n) is 18.1. The monoisotopic (exact) mass is 462 g/mol. The van der Waals surface area contributed by atoms with Crippen LogP contribution in [0.1, 0.15) is 40.5 Å². The summed E-state index contributed by atoms with van der Waals surface area (Å²) in [5.41, 5.74) is -12.0. The van der Waals surface area contributed by atoms with E-state index in [9.17, 15) is 55.2 Å². The first-order chi connectivity index (χ1) is 14.4. The van der Waals surface area contributed by atoms with Gasteiger partial charge in [0.2, 0.25) is 5.60 Å². The molecule has 12 nitrogen and oxygen atoms in total. The Kier molecular flexibility index (Phi) is 5.30. The van der Waals surface area contributed by atoms with Gasteiger partial charge >= 0.3 is 17.9 Å². The molecule has 0 aromatic heterocycles. The minimum atomic E-state index is -3.15. The van der Waals surface area contributed by atoms with Gasteiger partial charge in [0.15, 0.2) is 12.4 Å². The number of hydrogen-bond donors (Lipinski definition) is 8. The topological polar surface area (TPSA) is 222 Å². The van der Waals surface area contributed by atoms with Crippen LogP contribution in [-0.2, 0) is 19.1 Å². The summed E-state index contributed by atoms with van der Waals surface area (Å²) in [5.74, 6) is -8.58. The van der Waals surface area contributed by atoms with E-state index in [4.69, 9.17) is 4.74 Å². The van der Waals surface area contributed by atoms with Crippen LogP contribution in [0, 0.1) is 28.1 Å². The maximum Gasteiger partial charge on any atom is 0.340 e. The van der Waals surface area contributed by atoms with Crippen LogP contribution >= 0.6 is 0 Å². The quantitative estimate of drug-likeness (QED) is 0.227. The minimum absolute atomic E-state index is 0.298. The van der Waals surface area contributed by atoms with Gasteiger partial charge in [0.25, 0.3) is 0 Å². The van der Waals surface area contributed by atoms with Crippen LogP contribution in [0.4, 0.5) is 0 Å². The second-order valence-corrected chi connectivity index (χ2v) is 10.4. The molecule has 3 rings (SSSR count). The summed E-state index contributed by atoms with van der Waals surface area (Å²) in [7, 11) is 0. The molecule has 0 radical (unpaired) electrons. The molecular formula is C20H30O12. The highest BCUT2D eigenvalue weighted by atomic mass is 16.7. The molecule has 8 N–H and O–H groups in total. The van der Waals surface area contributed by atoms with Gasteiger partial charge < -0.3 is 45.6 Å². The molecule has 3 fully saturated rings. The van der Waals surface area contributed by atoms with Crippen LogP contribution in [-0.4, -0.2) is 94.6 Å². The lowest BCUT2D eigenvalue weighted by molar-refractivity contribution is -0.267. The van der Waals surface area contributed by atoms with Crippen LogP contribution in [0.2, 0.25) is 0 Å². The van der Waals surface area contributed by atoms with Crippen molar-refractivity contribution < 1.29 is 60.0 Å². The Hall–Kier alpha value is -1.83. The summed E-state index contributed by atoms with van der Waals surface area (Å²) in [6.07, 6.45) is -9.82. The zero-order valence-corrected chi connectivity index (χ0v) is 18.1. The molecule has 10 atom stereocenters. The molecule has 0 amide bonds. The van der Waals surface area contributed by atoms with E-state index >= 15 is 0 Å². The molecule has 32 heavy (non-hydrogen) atoms. The van der Waals surface area contributed by atoms with Crippen molar-refractivity contribution in [3.05, 3.63) is 0 Å². The van der Waals surface area contributed by atoms with Crippen molar-refractivity contribution in [1.29, 1.82) is 0 Å². The predicted octanol–water partition coefficient (Wildman–Crippen LogP) is -1.78. The average molecular weight is 462 g/mol. The Balaban J connectivity index is 2.50. The highest BCUT2D eigenvalue weighted by molar-refractivity contribution is 5.87. The van der Waals surface area contributed by atoms with Crippen molar-refractivity contribution in [3.63, 3.8) is 0 Å². The smallest absolute Gasteiger partial charge is 0.340 e. The maximum atomic E-state index is 12.8. The molecule has 182 valence electrons. The van der Waals surface area contributed by atoms with E-state index in [1.807, 2.05) is 0 Å². The molecule has 1 aliphatic heterocycles. The number of carboxylic acids is 3. The Bertz CT molecular complexity index is 852. The Morgan fingerprint density at radius 1 is 1.00 bits per heavy atom. The van der Waals surface area contributed by atoms with Crippen LogP contribution < -0.4 is 0 Å². The minimum Gasteiger partial charge on any atom is -0.481 e. The number of aliphatic hydroxyl groups excluding tert-OH is 4. The number of hydrogen-bond acceptors (Lipinski definition) is 9. The van der Waals surface area contributed by atoms with E-state index in [0.717, 1.165) is 6.92 Å². The lowest BCUT2D eigenvalue weighted by Gasteiger charge is -2.51. The van der Waals surface area contributed by atoms with Gasteiger partial charge in [0.1, 0.15) is 5.60 Å². The number of carboxylic acid groups (broad SMARTS) is 3. The number of ether oxygens (including phenoxy) is 1. The highest BCUT2D eigenvalue weighted by Crippen LogP contribution is 2.79. The van der Waals surface area contributed by atoms with Crippen molar-refractivity contribution in [2.75, 3.05) is 0 Å². The average Bonchev–Trinajstić information content (AvgIpc) is 3.14. The molecular weight excluding hydrogens is 432 g/mol. The van der Waals surface area contributed by atoms with Crippen LogP contribution in [0.3, 0.4) is 0 Å². The van der Waals surface area contributed by atoms with E-state index in [1.165, 1.54) is 0 Å². The zero-order chi connectivity index (χ0) is 24.8. The summed E-state index contributed by atoms with van der Waals surface area (Å²) >= 11 is 0. The third kappa shape index (κ3) is 2.30. The molecule has 1 heterocycles. The Labute approximate surface area is 183 Å². The lowest BCUT2D eigenvalue weighted by atomic mass is 9.50. The van der Waals surface area contributed by atoms with Gasteiger partial charge in [0.05, 0.1) is 29.0 Å². The first kappa shape index (κ1) is 24.8. The maximum absolute atomic E-state index is 12.8. The van der Waals surface area contributed by atoms with Crippen molar-refractivity contribution in [3.8, 4) is 0 Å². The van der Waals surface area contributed by atoms with Crippen LogP contribution in [0.25, 0.3) is 0 Å². The number of carbonyl (C=O) groups is 3. The standard InChI is InChI=1S/C20H30O12/c1-7(12(24)25)19(31)10(22)6-17-9(21)5-8(16(2,3)4)18(17,11(23)13(26)27)15(30)32-20(17,19)14(28)29/h7-11,15,21-23,30-31H,5-6H2,1-4H3,(H,24,25)(H,26,27)(H,28,29)/t7-,8+,9-,10+,11+,15+,17-,18+,19-,20-/m1/s1. The van der Waals surface area contributed by atoms with E-state index in [1.54, 1.807) is 20.8 Å². The number of aliphatic carboxylic acids is 3. The second-order valence-electron chi connectivity index (χ2n) is 10.4. The normalized spacial score (nSPS) is 47.5. The molecule has 1 saturated heterocycles. The van der Waals surface area contributed by atoms with Gasteiger partial charge in [-0.1, -0.05) is 20.8 Å². The number of rotatable bonds is 5. The lowest BCUT2D eigenvalue weighted by Crippen LogP contribution is -2.71. The second kappa shape index (κ2) is 6.84. The molecule has 0 unspecified atom stereocenters. The molecule has 12 heteroatoms. The highest BCUT2D eigenvalue weighted by Gasteiger charge is 2.94. The number of aliphatic hydroxyl groups is 5. The van der Waals surface area contributed by atoms with E-state index in [2.05, 4.69) is 0 Å². The Morgan fingerprint density at radius 2 is 1.53 bits per heavy atom. The SMILES string of the molecule is C[C@H](C(=O)O)[C@@]1(O)[C@@H](O)C[C@@]23[C@H](O)C[C@@H](C(C)(C)C)[C@]2([C@@H](O)C(=O)O)[C@@H](O)O[C@@]13C(=O)O. The van der Waals surface area contributed by atoms with Crippen molar-refractivity contribution in [2.45, 2.75) is 76.3 Å². The van der Waals surface area contributed by atoms with E-state index < -0.39 is 88.2 Å². The molecule has 2 saturated carbocycles. The first-order valence-corrected chi connectivity index (χ1v) is 10.2. The molecule has 0 aromatic carbocycles. The first-order valence-electron chi connectivity index (χ1n) is 10.2. The fourth-order valence-electron chi connectivity index (χ4n) is 7.16. The van der Waals surface area contributed by atoms with Gasteiger partial charge in [-0.25, -0.2) is 9.59 Å². The molecule has 0 aromatic rings. The molecule has 3 aliphatic rings. The summed E-state index contributed by atoms with van der Waals surface area (Å²) in [6, 6.07) is 0. The Morgan fingerprint density at radius 3 is 1.94 bits per heavy atom. The van der Waals surface area contributed by atoms with Gasteiger partial charge in [-0.15, -0.1) is 0 Å². The summed E-state index contributed by atoms with van der Waals surface area (Å²) in [6.45, 7) is 5.82. The van der Waals surface area contributed by atoms with Crippen LogP contribution in [0.15, 0.2) is 0 Å². The third-order valence-corrected chi connectivity index (χ3v) is 8.35. The van der Waals surface area contributed by atoms with E-state index in [-0.39, 0.29) is 6.42 Å². The van der Waals surface area contributed by atoms with Crippen LogP contribution in [0.5, 0.6) is 0 Å². The molecule has 0 bridgehead atoms. The summed E-state index contributed by atoms with van der Waals surface area (Å²) < 4.78 is 5.42. The van der Waals surface area contributed by atoms with Crippen molar-refractivity contribution >= 4 is 17.9 Å².